The molecule has 0 atom stereocenters. The summed E-state index contributed by atoms with van der Waals surface area (Å²) in [4.78, 5) is 2.61. The third kappa shape index (κ3) is 6.52. The van der Waals surface area contributed by atoms with Crippen molar-refractivity contribution >= 4 is 17.2 Å². The van der Waals surface area contributed by atoms with Gasteiger partial charge in [0.15, 0.2) is 0 Å². The van der Waals surface area contributed by atoms with Gasteiger partial charge in [-0.1, -0.05) is 24.4 Å². The second-order valence-corrected chi connectivity index (χ2v) is 4.83. The third-order valence-electron chi connectivity index (χ3n) is 2.75. The van der Waals surface area contributed by atoms with Crippen molar-refractivity contribution in [3.63, 3.8) is 0 Å². The summed E-state index contributed by atoms with van der Waals surface area (Å²) in [6, 6.07) is 7.55. The monoisotopic (exact) mass is 282 g/mol. The minimum absolute atomic E-state index is 0.391. The maximum Gasteiger partial charge on any atom is 0.120 e. The predicted molar refractivity (Wildman–Crippen MR) is 81.8 cm³/mol. The van der Waals surface area contributed by atoms with Crippen LogP contribution < -0.4 is 10.5 Å². The molecular weight excluding hydrogens is 260 g/mol. The van der Waals surface area contributed by atoms with Crippen LogP contribution in [-0.2, 0) is 4.74 Å². The van der Waals surface area contributed by atoms with Crippen molar-refractivity contribution in [2.45, 2.75) is 6.42 Å². The molecule has 0 aromatic heterocycles. The van der Waals surface area contributed by atoms with E-state index in [0.29, 0.717) is 11.6 Å². The van der Waals surface area contributed by atoms with Gasteiger partial charge < -0.3 is 20.1 Å². The number of methoxy groups -OCH3 is 1. The first-order valence-corrected chi connectivity index (χ1v) is 6.74. The van der Waals surface area contributed by atoms with Gasteiger partial charge in [-0.15, -0.1) is 0 Å². The van der Waals surface area contributed by atoms with Crippen molar-refractivity contribution in [2.75, 3.05) is 40.5 Å². The van der Waals surface area contributed by atoms with E-state index in [2.05, 4.69) is 11.9 Å². The summed E-state index contributed by atoms with van der Waals surface area (Å²) in [6.45, 7) is 3.32. The average Bonchev–Trinajstić information content (AvgIpc) is 2.39. The van der Waals surface area contributed by atoms with Crippen molar-refractivity contribution in [3.05, 3.63) is 29.8 Å². The van der Waals surface area contributed by atoms with E-state index in [-0.39, 0.29) is 0 Å². The molecule has 1 aromatic rings. The molecule has 0 heterocycles. The third-order valence-corrected chi connectivity index (χ3v) is 2.98. The van der Waals surface area contributed by atoms with Crippen LogP contribution in [0.4, 0.5) is 0 Å². The van der Waals surface area contributed by atoms with Gasteiger partial charge in [-0.25, -0.2) is 0 Å². The summed E-state index contributed by atoms with van der Waals surface area (Å²) in [5, 5.41) is 0. The zero-order chi connectivity index (χ0) is 14.1. The van der Waals surface area contributed by atoms with E-state index in [1.807, 2.05) is 24.3 Å². The molecule has 0 unspecified atom stereocenters. The van der Waals surface area contributed by atoms with E-state index < -0.39 is 0 Å². The molecule has 4 nitrogen and oxygen atoms in total. The van der Waals surface area contributed by atoms with Crippen LogP contribution in [0.25, 0.3) is 0 Å². The van der Waals surface area contributed by atoms with Crippen molar-refractivity contribution in [1.29, 1.82) is 0 Å². The largest absolute Gasteiger partial charge is 0.492 e. The molecule has 2 N–H and O–H groups in total. The quantitative estimate of drug-likeness (QED) is 0.551. The van der Waals surface area contributed by atoms with Crippen LogP contribution in [0.2, 0.25) is 0 Å². The molecule has 19 heavy (non-hydrogen) atoms. The Hall–Kier alpha value is -1.17. The SMILES string of the molecule is COCCCN(C)CCOc1cccc(C(N)=S)c1. The maximum absolute atomic E-state index is 5.69. The molecule has 0 aliphatic carbocycles. The van der Waals surface area contributed by atoms with Gasteiger partial charge in [0.2, 0.25) is 0 Å². The second kappa shape index (κ2) is 8.85. The number of nitrogens with zero attached hydrogens (tertiary/aromatic N) is 1. The molecule has 0 fully saturated rings. The van der Waals surface area contributed by atoms with Crippen molar-refractivity contribution in [2.24, 2.45) is 5.73 Å². The second-order valence-electron chi connectivity index (χ2n) is 4.39. The number of ether oxygens (including phenoxy) is 2. The highest BCUT2D eigenvalue weighted by atomic mass is 32.1. The molecule has 0 aliphatic rings. The molecule has 0 saturated heterocycles. The summed E-state index contributed by atoms with van der Waals surface area (Å²) < 4.78 is 10.7. The molecule has 0 radical (unpaired) electrons. The highest BCUT2D eigenvalue weighted by Crippen LogP contribution is 2.13. The lowest BCUT2D eigenvalue weighted by molar-refractivity contribution is 0.172. The van der Waals surface area contributed by atoms with Crippen LogP contribution in [0.15, 0.2) is 24.3 Å². The van der Waals surface area contributed by atoms with Gasteiger partial charge in [-0.3, -0.25) is 0 Å². The number of rotatable bonds is 9. The average molecular weight is 282 g/mol. The van der Waals surface area contributed by atoms with Crippen LogP contribution in [-0.4, -0.2) is 50.3 Å². The molecule has 106 valence electrons. The van der Waals surface area contributed by atoms with Crippen LogP contribution in [0.5, 0.6) is 5.75 Å². The van der Waals surface area contributed by atoms with Crippen molar-refractivity contribution in [1.82, 2.24) is 4.90 Å². The van der Waals surface area contributed by atoms with E-state index in [1.54, 1.807) is 7.11 Å². The predicted octanol–water partition coefficient (Wildman–Crippen LogP) is 1.67. The Morgan fingerprint density at radius 3 is 2.79 bits per heavy atom. The highest BCUT2D eigenvalue weighted by molar-refractivity contribution is 7.80. The number of hydrogen-bond donors (Lipinski definition) is 1. The summed E-state index contributed by atoms with van der Waals surface area (Å²) in [5.74, 6) is 0.801. The van der Waals surface area contributed by atoms with Crippen LogP contribution in [0, 0.1) is 0 Å². The van der Waals surface area contributed by atoms with Gasteiger partial charge in [0.1, 0.15) is 17.3 Å². The number of benzene rings is 1. The van der Waals surface area contributed by atoms with Crippen molar-refractivity contribution < 1.29 is 9.47 Å². The zero-order valence-corrected chi connectivity index (χ0v) is 12.4. The lowest BCUT2D eigenvalue weighted by Crippen LogP contribution is -2.26. The Kier molecular flexibility index (Phi) is 7.40. The fraction of sp³-hybridized carbons (Fsp3) is 0.500. The lowest BCUT2D eigenvalue weighted by atomic mass is 10.2. The Bertz CT molecular complexity index is 399. The summed E-state index contributed by atoms with van der Waals surface area (Å²) >= 11 is 4.94. The molecule has 0 spiro atoms. The van der Waals surface area contributed by atoms with Crippen molar-refractivity contribution in [3.8, 4) is 5.75 Å². The van der Waals surface area contributed by atoms with Crippen LogP contribution >= 0.6 is 12.2 Å². The first kappa shape index (κ1) is 15.9. The fourth-order valence-electron chi connectivity index (χ4n) is 1.65. The molecule has 1 rings (SSSR count). The van der Waals surface area contributed by atoms with Gasteiger partial charge >= 0.3 is 0 Å². The smallest absolute Gasteiger partial charge is 0.120 e. The minimum atomic E-state index is 0.391. The highest BCUT2D eigenvalue weighted by Gasteiger charge is 2.01. The van der Waals surface area contributed by atoms with Gasteiger partial charge in [0.05, 0.1) is 0 Å². The minimum Gasteiger partial charge on any atom is -0.492 e. The van der Waals surface area contributed by atoms with Gasteiger partial charge in [-0.2, -0.15) is 0 Å². The van der Waals surface area contributed by atoms with Gasteiger partial charge in [0.25, 0.3) is 0 Å². The molecular formula is C14H22N2O2S. The zero-order valence-electron chi connectivity index (χ0n) is 11.6. The summed E-state index contributed by atoms with van der Waals surface area (Å²) in [7, 11) is 3.79. The van der Waals surface area contributed by atoms with Crippen LogP contribution in [0.1, 0.15) is 12.0 Å². The maximum atomic E-state index is 5.69. The Morgan fingerprint density at radius 1 is 1.32 bits per heavy atom. The molecule has 5 heteroatoms. The standard InChI is InChI=1S/C14H22N2O2S/c1-16(7-4-9-17-2)8-10-18-13-6-3-5-12(11-13)14(15)19/h3,5-6,11H,4,7-10H2,1-2H3,(H2,15,19). The van der Waals surface area contributed by atoms with E-state index >= 15 is 0 Å². The van der Waals surface area contributed by atoms with Gasteiger partial charge in [-0.05, 0) is 25.6 Å². The Labute approximate surface area is 120 Å². The van der Waals surface area contributed by atoms with Gasteiger partial charge in [0, 0.05) is 32.4 Å². The molecule has 0 saturated carbocycles. The van der Waals surface area contributed by atoms with E-state index in [9.17, 15) is 0 Å². The van der Waals surface area contributed by atoms with E-state index in [4.69, 9.17) is 27.4 Å². The number of thiocarbonyl (C=S) groups is 1. The topological polar surface area (TPSA) is 47.7 Å². The molecule has 0 aliphatic heterocycles. The first-order chi connectivity index (χ1) is 9.13. The Morgan fingerprint density at radius 2 is 2.11 bits per heavy atom. The number of hydrogen-bond acceptors (Lipinski definition) is 4. The summed E-state index contributed by atoms with van der Waals surface area (Å²) in [6.07, 6.45) is 1.03. The first-order valence-electron chi connectivity index (χ1n) is 6.33. The number of likely N-dealkylation sites (N-methyl/N-ethyl adjacent to an activating group) is 1. The van der Waals surface area contributed by atoms with E-state index in [1.165, 1.54) is 0 Å². The molecule has 0 bridgehead atoms. The lowest BCUT2D eigenvalue weighted by Gasteiger charge is -2.16. The fourth-order valence-corrected chi connectivity index (χ4v) is 1.78. The normalized spacial score (nSPS) is 10.7. The molecule has 0 amide bonds. The van der Waals surface area contributed by atoms with Crippen LogP contribution in [0.3, 0.4) is 0 Å². The number of nitrogens with two attached hydrogens (primary N) is 1. The summed E-state index contributed by atoms with van der Waals surface area (Å²) in [5.41, 5.74) is 6.42. The molecule has 1 aromatic carbocycles. The van der Waals surface area contributed by atoms with E-state index in [0.717, 1.165) is 37.4 Å². The Balaban J connectivity index is 2.28.